The number of anilines is 1. The van der Waals surface area contributed by atoms with Crippen LogP contribution in [0.1, 0.15) is 19.4 Å². The zero-order valence-electron chi connectivity index (χ0n) is 17.1. The van der Waals surface area contributed by atoms with Gasteiger partial charge in [0.25, 0.3) is 0 Å². The largest absolute Gasteiger partial charge is 0.494 e. The van der Waals surface area contributed by atoms with Crippen LogP contribution in [0.15, 0.2) is 88.3 Å². The fourth-order valence-electron chi connectivity index (χ4n) is 2.79. The summed E-state index contributed by atoms with van der Waals surface area (Å²) < 4.78 is 12.0. The van der Waals surface area contributed by atoms with E-state index in [0.717, 1.165) is 38.6 Å². The molecule has 0 heterocycles. The zero-order chi connectivity index (χ0) is 21.2. The highest BCUT2D eigenvalue weighted by atomic mass is 79.9. The number of halogens is 1. The van der Waals surface area contributed by atoms with Crippen LogP contribution >= 0.6 is 15.9 Å². The number of allylic oxidation sites excluding steroid dienone is 1. The number of hydrogen-bond acceptors (Lipinski definition) is 4. The van der Waals surface area contributed by atoms with E-state index in [1.54, 1.807) is 6.21 Å². The van der Waals surface area contributed by atoms with Crippen LogP contribution in [0.2, 0.25) is 0 Å². The molecule has 0 aliphatic rings. The van der Waals surface area contributed by atoms with E-state index in [1.165, 1.54) is 0 Å². The summed E-state index contributed by atoms with van der Waals surface area (Å²) in [5, 5.41) is 3.48. The van der Waals surface area contributed by atoms with Crippen LogP contribution in [0.25, 0.3) is 5.70 Å². The second-order valence-corrected chi connectivity index (χ2v) is 7.29. The molecule has 3 aromatic rings. The Morgan fingerprint density at radius 2 is 1.40 bits per heavy atom. The van der Waals surface area contributed by atoms with Gasteiger partial charge in [0.05, 0.1) is 18.9 Å². The molecule has 5 heteroatoms. The van der Waals surface area contributed by atoms with Crippen molar-refractivity contribution in [3.05, 3.63) is 88.9 Å². The van der Waals surface area contributed by atoms with Crippen molar-refractivity contribution in [2.75, 3.05) is 18.5 Å². The maximum absolute atomic E-state index is 5.52. The standard InChI is InChI=1S/C25H25BrN2O2/c1-3-29-23-13-9-21(10-14-23)27-18-17-25(19-5-7-20(26)8-6-19)28-22-11-15-24(16-12-22)30-4-2/h5-18,28H,3-4H2,1-2H3. The average molecular weight is 465 g/mol. The van der Waals surface area contributed by atoms with Gasteiger partial charge in [-0.25, -0.2) is 0 Å². The summed E-state index contributed by atoms with van der Waals surface area (Å²) >= 11 is 3.49. The van der Waals surface area contributed by atoms with Crippen LogP contribution in [0, 0.1) is 0 Å². The SMILES string of the molecule is CCOc1ccc(N=CC=C(Nc2ccc(OCC)cc2)c2ccc(Br)cc2)cc1. The third-order valence-corrected chi connectivity index (χ3v) is 4.74. The van der Waals surface area contributed by atoms with Gasteiger partial charge in [0.2, 0.25) is 0 Å². The number of rotatable bonds is 9. The number of benzene rings is 3. The molecule has 0 radical (unpaired) electrons. The van der Waals surface area contributed by atoms with E-state index in [4.69, 9.17) is 9.47 Å². The highest BCUT2D eigenvalue weighted by Crippen LogP contribution is 2.23. The third kappa shape index (κ3) is 6.49. The van der Waals surface area contributed by atoms with Crippen LogP contribution in [0.3, 0.4) is 0 Å². The lowest BCUT2D eigenvalue weighted by Crippen LogP contribution is -2.00. The van der Waals surface area contributed by atoms with Crippen molar-refractivity contribution >= 4 is 39.2 Å². The summed E-state index contributed by atoms with van der Waals surface area (Å²) in [5.74, 6) is 1.70. The summed E-state index contributed by atoms with van der Waals surface area (Å²) in [6.45, 7) is 5.25. The van der Waals surface area contributed by atoms with Crippen LogP contribution < -0.4 is 14.8 Å². The molecule has 0 saturated heterocycles. The lowest BCUT2D eigenvalue weighted by molar-refractivity contribution is 0.340. The topological polar surface area (TPSA) is 42.8 Å². The van der Waals surface area contributed by atoms with Crippen molar-refractivity contribution < 1.29 is 9.47 Å². The molecule has 0 saturated carbocycles. The number of aliphatic imine (C=N–C) groups is 1. The molecule has 154 valence electrons. The van der Waals surface area contributed by atoms with E-state index in [-0.39, 0.29) is 0 Å². The molecule has 0 aliphatic heterocycles. The minimum atomic E-state index is 0.652. The van der Waals surface area contributed by atoms with Crippen LogP contribution in [-0.2, 0) is 0 Å². The van der Waals surface area contributed by atoms with Crippen molar-refractivity contribution in [2.45, 2.75) is 13.8 Å². The lowest BCUT2D eigenvalue weighted by Gasteiger charge is -2.12. The molecule has 3 aromatic carbocycles. The molecule has 0 aliphatic carbocycles. The van der Waals surface area contributed by atoms with E-state index < -0.39 is 0 Å². The molecule has 0 unspecified atom stereocenters. The Hall–Kier alpha value is -3.05. The van der Waals surface area contributed by atoms with Crippen molar-refractivity contribution in [1.29, 1.82) is 0 Å². The van der Waals surface area contributed by atoms with E-state index in [2.05, 4.69) is 38.4 Å². The molecule has 0 atom stereocenters. The summed E-state index contributed by atoms with van der Waals surface area (Å²) in [7, 11) is 0. The second kappa shape index (κ2) is 11.2. The molecular weight excluding hydrogens is 440 g/mol. The molecule has 0 spiro atoms. The smallest absolute Gasteiger partial charge is 0.119 e. The van der Waals surface area contributed by atoms with Crippen LogP contribution in [-0.4, -0.2) is 19.4 Å². The number of hydrogen-bond donors (Lipinski definition) is 1. The molecule has 30 heavy (non-hydrogen) atoms. The van der Waals surface area contributed by atoms with Crippen molar-refractivity contribution in [3.8, 4) is 11.5 Å². The van der Waals surface area contributed by atoms with Crippen molar-refractivity contribution in [2.24, 2.45) is 4.99 Å². The molecule has 0 fully saturated rings. The monoisotopic (exact) mass is 464 g/mol. The van der Waals surface area contributed by atoms with Gasteiger partial charge in [-0.15, -0.1) is 0 Å². The van der Waals surface area contributed by atoms with Gasteiger partial charge < -0.3 is 14.8 Å². The minimum absolute atomic E-state index is 0.652. The third-order valence-electron chi connectivity index (χ3n) is 4.21. The van der Waals surface area contributed by atoms with E-state index in [0.29, 0.717) is 13.2 Å². The predicted molar refractivity (Wildman–Crippen MR) is 129 cm³/mol. The Morgan fingerprint density at radius 1 is 0.833 bits per heavy atom. The fourth-order valence-corrected chi connectivity index (χ4v) is 3.05. The summed E-state index contributed by atoms with van der Waals surface area (Å²) in [4.78, 5) is 4.54. The first-order valence-electron chi connectivity index (χ1n) is 9.91. The Kier molecular flexibility index (Phi) is 8.10. The summed E-state index contributed by atoms with van der Waals surface area (Å²) in [6.07, 6.45) is 3.77. The first-order valence-corrected chi connectivity index (χ1v) is 10.7. The Balaban J connectivity index is 1.80. The highest BCUT2D eigenvalue weighted by molar-refractivity contribution is 9.10. The Labute approximate surface area is 186 Å². The molecule has 0 bridgehead atoms. The minimum Gasteiger partial charge on any atom is -0.494 e. The quantitative estimate of drug-likeness (QED) is 0.343. The average Bonchev–Trinajstić information content (AvgIpc) is 2.76. The van der Waals surface area contributed by atoms with Crippen LogP contribution in [0.4, 0.5) is 11.4 Å². The van der Waals surface area contributed by atoms with E-state index in [1.807, 2.05) is 80.6 Å². The second-order valence-electron chi connectivity index (χ2n) is 6.37. The molecule has 4 nitrogen and oxygen atoms in total. The fraction of sp³-hybridized carbons (Fsp3) is 0.160. The summed E-state index contributed by atoms with van der Waals surface area (Å²) in [6, 6.07) is 23.8. The first-order chi connectivity index (χ1) is 14.7. The van der Waals surface area contributed by atoms with Gasteiger partial charge in [-0.1, -0.05) is 28.1 Å². The van der Waals surface area contributed by atoms with Gasteiger partial charge in [0.15, 0.2) is 0 Å². The molecule has 0 aromatic heterocycles. The zero-order valence-corrected chi connectivity index (χ0v) is 18.7. The van der Waals surface area contributed by atoms with Crippen LogP contribution in [0.5, 0.6) is 11.5 Å². The first kappa shape index (κ1) is 21.7. The molecule has 1 N–H and O–H groups in total. The maximum Gasteiger partial charge on any atom is 0.119 e. The van der Waals surface area contributed by atoms with Crippen molar-refractivity contribution in [3.63, 3.8) is 0 Å². The molecular formula is C25H25BrN2O2. The number of ether oxygens (including phenoxy) is 2. The maximum atomic E-state index is 5.52. The van der Waals surface area contributed by atoms with Gasteiger partial charge in [-0.3, -0.25) is 4.99 Å². The lowest BCUT2D eigenvalue weighted by atomic mass is 10.1. The summed E-state index contributed by atoms with van der Waals surface area (Å²) in [5.41, 5.74) is 3.85. The van der Waals surface area contributed by atoms with E-state index in [9.17, 15) is 0 Å². The molecule has 0 amide bonds. The normalized spacial score (nSPS) is 11.5. The highest BCUT2D eigenvalue weighted by Gasteiger charge is 2.03. The number of nitrogens with zero attached hydrogens (tertiary/aromatic N) is 1. The van der Waals surface area contributed by atoms with Gasteiger partial charge in [-0.05, 0) is 86.2 Å². The van der Waals surface area contributed by atoms with Gasteiger partial charge in [0.1, 0.15) is 11.5 Å². The number of nitrogens with one attached hydrogen (secondary N) is 1. The predicted octanol–water partition coefficient (Wildman–Crippen LogP) is 7.10. The van der Waals surface area contributed by atoms with Gasteiger partial charge >= 0.3 is 0 Å². The van der Waals surface area contributed by atoms with Gasteiger partial charge in [0, 0.05) is 22.1 Å². The Morgan fingerprint density at radius 3 is 1.97 bits per heavy atom. The van der Waals surface area contributed by atoms with E-state index >= 15 is 0 Å². The Bertz CT molecular complexity index is 979. The van der Waals surface area contributed by atoms with Crippen molar-refractivity contribution in [1.82, 2.24) is 0 Å². The molecule has 3 rings (SSSR count). The van der Waals surface area contributed by atoms with Gasteiger partial charge in [-0.2, -0.15) is 0 Å².